The Morgan fingerprint density at radius 3 is 2.57 bits per heavy atom. The Morgan fingerprint density at radius 2 is 1.86 bits per heavy atom. The molecule has 2 heterocycles. The highest BCUT2D eigenvalue weighted by molar-refractivity contribution is 5.70. The molecule has 8 heteroatoms. The lowest BCUT2D eigenvalue weighted by Crippen LogP contribution is -2.19. The van der Waals surface area contributed by atoms with Gasteiger partial charge in [-0.05, 0) is 24.3 Å². The van der Waals surface area contributed by atoms with Gasteiger partial charge in [-0.1, -0.05) is 0 Å². The maximum Gasteiger partial charge on any atom is 0.387 e. The van der Waals surface area contributed by atoms with Gasteiger partial charge in [0.2, 0.25) is 0 Å². The SMILES string of the molecule is O=c1cnc2cncnc2n1-c1ccc(OC(F)F)cc1. The number of hydrogen-bond acceptors (Lipinski definition) is 5. The standard InChI is InChI=1S/C13H8F2N4O2/c14-13(15)21-9-3-1-8(2-4-9)19-11(20)6-17-10-5-16-7-18-12(10)19/h1-7,13H. The molecule has 0 fully saturated rings. The van der Waals surface area contributed by atoms with E-state index in [4.69, 9.17) is 0 Å². The van der Waals surface area contributed by atoms with Crippen molar-refractivity contribution in [1.82, 2.24) is 19.5 Å². The predicted octanol–water partition coefficient (Wildman–Crippen LogP) is 1.78. The number of nitrogens with zero attached hydrogens (tertiary/aromatic N) is 4. The maximum absolute atomic E-state index is 12.1. The van der Waals surface area contributed by atoms with Crippen molar-refractivity contribution in [1.29, 1.82) is 0 Å². The van der Waals surface area contributed by atoms with Gasteiger partial charge in [0.15, 0.2) is 5.65 Å². The molecule has 0 unspecified atom stereocenters. The number of aromatic nitrogens is 4. The fourth-order valence-electron chi connectivity index (χ4n) is 1.89. The van der Waals surface area contributed by atoms with Crippen molar-refractivity contribution >= 4 is 11.2 Å². The summed E-state index contributed by atoms with van der Waals surface area (Å²) in [4.78, 5) is 23.8. The van der Waals surface area contributed by atoms with E-state index in [1.165, 1.54) is 41.4 Å². The molecule has 0 saturated carbocycles. The van der Waals surface area contributed by atoms with Crippen LogP contribution in [0.2, 0.25) is 0 Å². The van der Waals surface area contributed by atoms with Gasteiger partial charge in [0.05, 0.1) is 18.1 Å². The van der Waals surface area contributed by atoms with E-state index in [1.807, 2.05) is 0 Å². The molecule has 0 amide bonds. The highest BCUT2D eigenvalue weighted by Crippen LogP contribution is 2.18. The first kappa shape index (κ1) is 13.1. The molecule has 0 aliphatic carbocycles. The summed E-state index contributed by atoms with van der Waals surface area (Å²) in [6.45, 7) is -2.90. The lowest BCUT2D eigenvalue weighted by atomic mass is 10.3. The van der Waals surface area contributed by atoms with Gasteiger partial charge in [-0.2, -0.15) is 8.78 Å². The van der Waals surface area contributed by atoms with Crippen LogP contribution in [0.15, 0.2) is 47.8 Å². The number of halogens is 2. The lowest BCUT2D eigenvalue weighted by molar-refractivity contribution is -0.0498. The van der Waals surface area contributed by atoms with Crippen LogP contribution in [-0.4, -0.2) is 26.1 Å². The summed E-state index contributed by atoms with van der Waals surface area (Å²) in [5.41, 5.74) is 0.862. The van der Waals surface area contributed by atoms with Crippen LogP contribution in [0.1, 0.15) is 0 Å². The Bertz CT molecular complexity index is 833. The highest BCUT2D eigenvalue weighted by atomic mass is 19.3. The fourth-order valence-corrected chi connectivity index (χ4v) is 1.89. The second-order valence-corrected chi connectivity index (χ2v) is 4.04. The molecule has 0 aliphatic rings. The van der Waals surface area contributed by atoms with Crippen molar-refractivity contribution in [3.8, 4) is 11.4 Å². The minimum absolute atomic E-state index is 0.00906. The molecule has 0 saturated heterocycles. The zero-order valence-electron chi connectivity index (χ0n) is 10.5. The number of alkyl halides is 2. The normalized spacial score (nSPS) is 11.0. The molecule has 0 spiro atoms. The van der Waals surface area contributed by atoms with E-state index in [1.54, 1.807) is 0 Å². The molecule has 1 aromatic carbocycles. The summed E-state index contributed by atoms with van der Waals surface area (Å²) in [6.07, 6.45) is 3.93. The van der Waals surface area contributed by atoms with Crippen molar-refractivity contribution in [3.63, 3.8) is 0 Å². The summed E-state index contributed by atoms with van der Waals surface area (Å²) < 4.78 is 29.8. The molecule has 0 N–H and O–H groups in total. The minimum Gasteiger partial charge on any atom is -0.435 e. The summed E-state index contributed by atoms with van der Waals surface area (Å²) in [5.74, 6) is 0.00906. The Hall–Kier alpha value is -2.90. The zero-order valence-corrected chi connectivity index (χ0v) is 10.5. The van der Waals surface area contributed by atoms with Crippen molar-refractivity contribution < 1.29 is 13.5 Å². The van der Waals surface area contributed by atoms with Crippen molar-refractivity contribution in [2.75, 3.05) is 0 Å². The van der Waals surface area contributed by atoms with Gasteiger partial charge in [-0.15, -0.1) is 0 Å². The van der Waals surface area contributed by atoms with E-state index < -0.39 is 6.61 Å². The molecule has 106 valence electrons. The van der Waals surface area contributed by atoms with E-state index in [9.17, 15) is 13.6 Å². The Balaban J connectivity index is 2.12. The first-order valence-electron chi connectivity index (χ1n) is 5.88. The van der Waals surface area contributed by atoms with Crippen LogP contribution in [0.4, 0.5) is 8.78 Å². The summed E-state index contributed by atoms with van der Waals surface area (Å²) in [6, 6.07) is 5.67. The maximum atomic E-state index is 12.1. The number of ether oxygens (including phenoxy) is 1. The van der Waals surface area contributed by atoms with Gasteiger partial charge in [-0.25, -0.2) is 15.0 Å². The predicted molar refractivity (Wildman–Crippen MR) is 69.6 cm³/mol. The number of fused-ring (bicyclic) bond motifs is 1. The topological polar surface area (TPSA) is 69.9 Å². The van der Waals surface area contributed by atoms with Crippen LogP contribution in [0.3, 0.4) is 0 Å². The molecule has 0 aliphatic heterocycles. The Morgan fingerprint density at radius 1 is 1.10 bits per heavy atom. The number of rotatable bonds is 3. The second-order valence-electron chi connectivity index (χ2n) is 4.04. The largest absolute Gasteiger partial charge is 0.435 e. The van der Waals surface area contributed by atoms with E-state index in [-0.39, 0.29) is 11.3 Å². The molecule has 21 heavy (non-hydrogen) atoms. The Kier molecular flexibility index (Phi) is 3.27. The third kappa shape index (κ3) is 2.55. The van der Waals surface area contributed by atoms with Gasteiger partial charge in [0.1, 0.15) is 17.6 Å². The van der Waals surface area contributed by atoms with Crippen molar-refractivity contribution in [2.24, 2.45) is 0 Å². The van der Waals surface area contributed by atoms with Gasteiger partial charge < -0.3 is 4.74 Å². The van der Waals surface area contributed by atoms with E-state index in [0.717, 1.165) is 6.20 Å². The quantitative estimate of drug-likeness (QED) is 0.735. The third-order valence-corrected chi connectivity index (χ3v) is 2.74. The van der Waals surface area contributed by atoms with Crippen LogP contribution >= 0.6 is 0 Å². The molecule has 0 atom stereocenters. The van der Waals surface area contributed by atoms with Gasteiger partial charge in [0, 0.05) is 0 Å². The van der Waals surface area contributed by atoms with E-state index >= 15 is 0 Å². The van der Waals surface area contributed by atoms with E-state index in [2.05, 4.69) is 19.7 Å². The second kappa shape index (κ2) is 5.23. The molecule has 2 aromatic heterocycles. The van der Waals surface area contributed by atoms with Crippen LogP contribution < -0.4 is 10.3 Å². The summed E-state index contributed by atoms with van der Waals surface area (Å²) in [7, 11) is 0. The van der Waals surface area contributed by atoms with Crippen LogP contribution in [0, 0.1) is 0 Å². The molecule has 0 bridgehead atoms. The van der Waals surface area contributed by atoms with Crippen LogP contribution in [0.5, 0.6) is 5.75 Å². The van der Waals surface area contributed by atoms with Gasteiger partial charge in [-0.3, -0.25) is 9.36 Å². The molecule has 3 aromatic rings. The zero-order chi connectivity index (χ0) is 14.8. The lowest BCUT2D eigenvalue weighted by Gasteiger charge is -2.09. The van der Waals surface area contributed by atoms with Crippen molar-refractivity contribution in [3.05, 3.63) is 53.3 Å². The molecule has 3 rings (SSSR count). The molecule has 6 nitrogen and oxygen atoms in total. The smallest absolute Gasteiger partial charge is 0.387 e. The minimum atomic E-state index is -2.90. The van der Waals surface area contributed by atoms with Crippen LogP contribution in [0.25, 0.3) is 16.9 Å². The molecule has 0 radical (unpaired) electrons. The number of hydrogen-bond donors (Lipinski definition) is 0. The average molecular weight is 290 g/mol. The fraction of sp³-hybridized carbons (Fsp3) is 0.0769. The van der Waals surface area contributed by atoms with Crippen molar-refractivity contribution in [2.45, 2.75) is 6.61 Å². The first-order chi connectivity index (χ1) is 10.1. The first-order valence-corrected chi connectivity index (χ1v) is 5.88. The summed E-state index contributed by atoms with van der Waals surface area (Å²) in [5, 5.41) is 0. The van der Waals surface area contributed by atoms with Gasteiger partial charge in [0.25, 0.3) is 5.56 Å². The monoisotopic (exact) mass is 290 g/mol. The molecular formula is C13H8F2N4O2. The molecular weight excluding hydrogens is 282 g/mol. The summed E-state index contributed by atoms with van der Waals surface area (Å²) >= 11 is 0. The highest BCUT2D eigenvalue weighted by Gasteiger charge is 2.09. The van der Waals surface area contributed by atoms with Crippen LogP contribution in [-0.2, 0) is 0 Å². The van der Waals surface area contributed by atoms with E-state index in [0.29, 0.717) is 16.9 Å². The average Bonchev–Trinajstić information content (AvgIpc) is 2.48. The third-order valence-electron chi connectivity index (χ3n) is 2.74. The van der Waals surface area contributed by atoms with Gasteiger partial charge >= 0.3 is 6.61 Å². The number of benzene rings is 1. The Labute approximate surface area is 116 Å².